The van der Waals surface area contributed by atoms with Crippen LogP contribution in [0.15, 0.2) is 29.2 Å². The van der Waals surface area contributed by atoms with E-state index in [1.807, 2.05) is 0 Å². The Hall–Kier alpha value is -2.53. The van der Waals surface area contributed by atoms with Crippen LogP contribution in [0.1, 0.15) is 28.8 Å². The second-order valence-corrected chi connectivity index (χ2v) is 8.07. The van der Waals surface area contributed by atoms with Gasteiger partial charge in [0.2, 0.25) is 21.7 Å². The standard InChI is InChI=1S/C17H13F5N2O3S/c18-11-12(19)14(21)16(15(22)13(11)20)28(26,27)24(10-5-6-10)7-8-1-3-9(4-2-8)17(23)25/h1-4,10H,5-7H2,(H2,23,25). The van der Waals surface area contributed by atoms with Crippen LogP contribution in [0.5, 0.6) is 0 Å². The van der Waals surface area contributed by atoms with E-state index in [1.165, 1.54) is 24.3 Å². The van der Waals surface area contributed by atoms with Crippen molar-refractivity contribution in [3.8, 4) is 0 Å². The maximum atomic E-state index is 14.0. The molecule has 0 atom stereocenters. The Morgan fingerprint density at radius 3 is 1.82 bits per heavy atom. The maximum absolute atomic E-state index is 14.0. The quantitative estimate of drug-likeness (QED) is 0.443. The number of carbonyl (C=O) groups is 1. The molecule has 0 radical (unpaired) electrons. The minimum absolute atomic E-state index is 0.157. The largest absolute Gasteiger partial charge is 0.366 e. The second kappa shape index (κ2) is 7.13. The van der Waals surface area contributed by atoms with Gasteiger partial charge in [0.15, 0.2) is 28.2 Å². The summed E-state index contributed by atoms with van der Waals surface area (Å²) in [6, 6.07) is 4.77. The first-order valence-electron chi connectivity index (χ1n) is 7.97. The minimum Gasteiger partial charge on any atom is -0.366 e. The SMILES string of the molecule is NC(=O)c1ccc(CN(C2CC2)S(=O)(=O)c2c(F)c(F)c(F)c(F)c2F)cc1. The van der Waals surface area contributed by atoms with Crippen LogP contribution in [-0.4, -0.2) is 24.7 Å². The van der Waals surface area contributed by atoms with Gasteiger partial charge in [-0.25, -0.2) is 30.4 Å². The Balaban J connectivity index is 2.04. The molecule has 1 amide bonds. The monoisotopic (exact) mass is 420 g/mol. The smallest absolute Gasteiger partial charge is 0.249 e. The molecule has 1 aliphatic rings. The van der Waals surface area contributed by atoms with Gasteiger partial charge in [-0.3, -0.25) is 4.79 Å². The van der Waals surface area contributed by atoms with Crippen LogP contribution in [-0.2, 0) is 16.6 Å². The maximum Gasteiger partial charge on any atom is 0.249 e. The highest BCUT2D eigenvalue weighted by molar-refractivity contribution is 7.89. The van der Waals surface area contributed by atoms with E-state index in [1.54, 1.807) is 0 Å². The lowest BCUT2D eigenvalue weighted by Crippen LogP contribution is -2.34. The summed E-state index contributed by atoms with van der Waals surface area (Å²) >= 11 is 0. The van der Waals surface area contributed by atoms with Crippen LogP contribution in [0.3, 0.4) is 0 Å². The van der Waals surface area contributed by atoms with Gasteiger partial charge in [-0.2, -0.15) is 4.31 Å². The summed E-state index contributed by atoms with van der Waals surface area (Å²) in [6.45, 7) is -0.383. The van der Waals surface area contributed by atoms with E-state index in [0.29, 0.717) is 22.7 Å². The van der Waals surface area contributed by atoms with E-state index < -0.39 is 56.0 Å². The highest BCUT2D eigenvalue weighted by Crippen LogP contribution is 2.36. The Bertz CT molecular complexity index is 1020. The summed E-state index contributed by atoms with van der Waals surface area (Å²) in [5.74, 6) is -12.6. The Labute approximate surface area is 156 Å². The number of nitrogens with two attached hydrogens (primary N) is 1. The molecule has 150 valence electrons. The molecular weight excluding hydrogens is 407 g/mol. The first-order chi connectivity index (χ1) is 13.1. The van der Waals surface area contributed by atoms with Crippen LogP contribution >= 0.6 is 0 Å². The Morgan fingerprint density at radius 2 is 1.39 bits per heavy atom. The average Bonchev–Trinajstić information content (AvgIpc) is 3.48. The molecule has 11 heteroatoms. The van der Waals surface area contributed by atoms with Gasteiger partial charge in [-0.1, -0.05) is 12.1 Å². The van der Waals surface area contributed by atoms with E-state index >= 15 is 0 Å². The molecule has 0 bridgehead atoms. The predicted octanol–water partition coefficient (Wildman–Crippen LogP) is 2.83. The molecule has 5 nitrogen and oxygen atoms in total. The van der Waals surface area contributed by atoms with Gasteiger partial charge in [0.1, 0.15) is 0 Å². The molecule has 0 aliphatic heterocycles. The van der Waals surface area contributed by atoms with E-state index in [9.17, 15) is 35.2 Å². The van der Waals surface area contributed by atoms with Crippen molar-refractivity contribution >= 4 is 15.9 Å². The molecule has 0 spiro atoms. The van der Waals surface area contributed by atoms with E-state index in [4.69, 9.17) is 5.73 Å². The molecule has 2 aromatic carbocycles. The van der Waals surface area contributed by atoms with Gasteiger partial charge in [0, 0.05) is 18.2 Å². The zero-order chi connectivity index (χ0) is 20.8. The zero-order valence-electron chi connectivity index (χ0n) is 14.1. The highest BCUT2D eigenvalue weighted by Gasteiger charge is 2.43. The van der Waals surface area contributed by atoms with Gasteiger partial charge >= 0.3 is 0 Å². The van der Waals surface area contributed by atoms with Crippen molar-refractivity contribution in [3.63, 3.8) is 0 Å². The topological polar surface area (TPSA) is 80.5 Å². The van der Waals surface area contributed by atoms with Crippen LogP contribution < -0.4 is 5.73 Å². The summed E-state index contributed by atoms with van der Waals surface area (Å²) in [7, 11) is -5.04. The molecule has 2 aromatic rings. The molecule has 1 saturated carbocycles. The molecule has 0 unspecified atom stereocenters. The third kappa shape index (κ3) is 3.47. The molecule has 28 heavy (non-hydrogen) atoms. The predicted molar refractivity (Wildman–Crippen MR) is 86.9 cm³/mol. The number of sulfonamides is 1. The average molecular weight is 420 g/mol. The lowest BCUT2D eigenvalue weighted by atomic mass is 10.1. The first-order valence-corrected chi connectivity index (χ1v) is 9.41. The normalized spacial score (nSPS) is 14.5. The number of rotatable bonds is 6. The lowest BCUT2D eigenvalue weighted by molar-refractivity contribution is 0.1000. The number of nitrogens with zero attached hydrogens (tertiary/aromatic N) is 1. The van der Waals surface area contributed by atoms with Crippen molar-refractivity contribution in [3.05, 3.63) is 64.5 Å². The number of primary amides is 1. The molecule has 1 aliphatic carbocycles. The van der Waals surface area contributed by atoms with Gasteiger partial charge in [-0.05, 0) is 30.5 Å². The minimum atomic E-state index is -5.04. The second-order valence-electron chi connectivity index (χ2n) is 6.24. The molecule has 0 saturated heterocycles. The van der Waals surface area contributed by atoms with Crippen LogP contribution in [0.2, 0.25) is 0 Å². The van der Waals surface area contributed by atoms with Crippen molar-refractivity contribution < 1.29 is 35.2 Å². The Morgan fingerprint density at radius 1 is 0.929 bits per heavy atom. The summed E-state index contributed by atoms with van der Waals surface area (Å²) < 4.78 is 94.5. The fraction of sp³-hybridized carbons (Fsp3) is 0.235. The van der Waals surface area contributed by atoms with Crippen molar-refractivity contribution in [1.82, 2.24) is 4.31 Å². The fourth-order valence-corrected chi connectivity index (χ4v) is 4.44. The fourth-order valence-electron chi connectivity index (χ4n) is 2.66. The van der Waals surface area contributed by atoms with Crippen molar-refractivity contribution in [2.45, 2.75) is 30.3 Å². The highest BCUT2D eigenvalue weighted by atomic mass is 32.2. The molecule has 3 rings (SSSR count). The van der Waals surface area contributed by atoms with Crippen molar-refractivity contribution in [2.24, 2.45) is 5.73 Å². The van der Waals surface area contributed by atoms with Gasteiger partial charge in [-0.15, -0.1) is 0 Å². The summed E-state index contributed by atoms with van der Waals surface area (Å²) in [5, 5.41) is 0. The number of benzene rings is 2. The van der Waals surface area contributed by atoms with E-state index in [2.05, 4.69) is 0 Å². The van der Waals surface area contributed by atoms with Crippen molar-refractivity contribution in [1.29, 1.82) is 0 Å². The number of amides is 1. The summed E-state index contributed by atoms with van der Waals surface area (Å²) in [5.41, 5.74) is 5.61. The zero-order valence-corrected chi connectivity index (χ0v) is 14.9. The van der Waals surface area contributed by atoms with Crippen LogP contribution in [0.25, 0.3) is 0 Å². The number of halogens is 5. The number of hydrogen-bond acceptors (Lipinski definition) is 3. The van der Waals surface area contributed by atoms with E-state index in [0.717, 1.165) is 0 Å². The molecule has 0 heterocycles. The summed E-state index contributed by atoms with van der Waals surface area (Å²) in [4.78, 5) is 9.21. The molecule has 0 aromatic heterocycles. The lowest BCUT2D eigenvalue weighted by Gasteiger charge is -2.23. The van der Waals surface area contributed by atoms with Crippen LogP contribution in [0, 0.1) is 29.1 Å². The molecule has 1 fully saturated rings. The Kier molecular flexibility index (Phi) is 5.15. The van der Waals surface area contributed by atoms with Crippen LogP contribution in [0.4, 0.5) is 22.0 Å². The molecule has 2 N–H and O–H groups in total. The third-order valence-electron chi connectivity index (χ3n) is 4.27. The third-order valence-corrected chi connectivity index (χ3v) is 6.19. The number of carbonyl (C=O) groups excluding carboxylic acids is 1. The molecular formula is C17H13F5N2O3S. The summed E-state index contributed by atoms with van der Waals surface area (Å²) in [6.07, 6.45) is 0.738. The first kappa shape index (κ1) is 20.2. The van der Waals surface area contributed by atoms with Gasteiger partial charge < -0.3 is 5.73 Å². The van der Waals surface area contributed by atoms with Gasteiger partial charge in [0.25, 0.3) is 0 Å². The number of hydrogen-bond donors (Lipinski definition) is 1. The van der Waals surface area contributed by atoms with Gasteiger partial charge in [0.05, 0.1) is 0 Å². The van der Waals surface area contributed by atoms with Crippen molar-refractivity contribution in [2.75, 3.05) is 0 Å². The van der Waals surface area contributed by atoms with E-state index in [-0.39, 0.29) is 12.1 Å².